The fraction of sp³-hybridized carbons (Fsp3) is 0.250. The van der Waals surface area contributed by atoms with Crippen molar-refractivity contribution in [2.75, 3.05) is 6.61 Å². The maximum absolute atomic E-state index is 11.3. The van der Waals surface area contributed by atoms with Crippen LogP contribution in [0.3, 0.4) is 0 Å². The molecule has 0 N–H and O–H groups in total. The van der Waals surface area contributed by atoms with Gasteiger partial charge in [-0.15, -0.1) is 0 Å². The second-order valence-electron chi connectivity index (χ2n) is 2.28. The van der Waals surface area contributed by atoms with E-state index in [0.29, 0.717) is 0 Å². The Bertz CT molecular complexity index is 347. The highest BCUT2D eigenvalue weighted by atomic mass is 32.2. The standard InChI is InChI=1S/C8H10NO3S/c1-2-12-9-13(10,11)8-6-4-3-5-7-8/h3-7H,2H2,1H3. The van der Waals surface area contributed by atoms with Gasteiger partial charge in [0.1, 0.15) is 0 Å². The van der Waals surface area contributed by atoms with Gasteiger partial charge in [0.25, 0.3) is 10.0 Å². The van der Waals surface area contributed by atoms with Crippen molar-refractivity contribution < 1.29 is 13.3 Å². The summed E-state index contributed by atoms with van der Waals surface area (Å²) in [7, 11) is -3.62. The molecule has 1 aromatic carbocycles. The summed E-state index contributed by atoms with van der Waals surface area (Å²) in [6.07, 6.45) is 0. The van der Waals surface area contributed by atoms with Crippen LogP contribution in [-0.4, -0.2) is 15.0 Å². The number of hydrogen-bond donors (Lipinski definition) is 0. The molecular formula is C8H10NO3S. The molecule has 0 aliphatic rings. The molecule has 13 heavy (non-hydrogen) atoms. The maximum atomic E-state index is 11.3. The first kappa shape index (κ1) is 10.2. The van der Waals surface area contributed by atoms with E-state index in [1.54, 1.807) is 25.1 Å². The molecule has 0 aromatic heterocycles. The number of hydrogen-bond acceptors (Lipinski definition) is 3. The zero-order valence-corrected chi connectivity index (χ0v) is 7.99. The van der Waals surface area contributed by atoms with Gasteiger partial charge >= 0.3 is 0 Å². The predicted octanol–water partition coefficient (Wildman–Crippen LogP) is 0.931. The molecule has 1 rings (SSSR count). The van der Waals surface area contributed by atoms with Crippen molar-refractivity contribution in [1.29, 1.82) is 0 Å². The predicted molar refractivity (Wildman–Crippen MR) is 47.4 cm³/mol. The third-order valence-electron chi connectivity index (χ3n) is 1.32. The van der Waals surface area contributed by atoms with Gasteiger partial charge in [-0.3, -0.25) is 4.84 Å². The fourth-order valence-electron chi connectivity index (χ4n) is 0.758. The minimum Gasteiger partial charge on any atom is -0.267 e. The van der Waals surface area contributed by atoms with Gasteiger partial charge in [0, 0.05) is 4.89 Å². The monoisotopic (exact) mass is 200 g/mol. The van der Waals surface area contributed by atoms with Crippen molar-refractivity contribution in [2.45, 2.75) is 11.8 Å². The molecule has 5 heteroatoms. The molecule has 1 radical (unpaired) electrons. The van der Waals surface area contributed by atoms with E-state index in [1.165, 1.54) is 12.1 Å². The van der Waals surface area contributed by atoms with Gasteiger partial charge in [0.2, 0.25) is 0 Å². The van der Waals surface area contributed by atoms with Crippen LogP contribution in [0.25, 0.3) is 0 Å². The number of benzene rings is 1. The summed E-state index contributed by atoms with van der Waals surface area (Å²) in [4.78, 5) is 7.75. The zero-order valence-electron chi connectivity index (χ0n) is 7.17. The van der Waals surface area contributed by atoms with Crippen LogP contribution in [0.1, 0.15) is 6.92 Å². The lowest BCUT2D eigenvalue weighted by atomic mass is 10.4. The highest BCUT2D eigenvalue weighted by Crippen LogP contribution is 2.07. The average molecular weight is 200 g/mol. The van der Waals surface area contributed by atoms with E-state index < -0.39 is 10.0 Å². The molecule has 0 fully saturated rings. The van der Waals surface area contributed by atoms with Crippen LogP contribution < -0.4 is 4.89 Å². The summed E-state index contributed by atoms with van der Waals surface area (Å²) < 4.78 is 22.6. The highest BCUT2D eigenvalue weighted by molar-refractivity contribution is 7.89. The Labute approximate surface area is 77.5 Å². The quantitative estimate of drug-likeness (QED) is 0.679. The largest absolute Gasteiger partial charge is 0.281 e. The Hall–Kier alpha value is -0.910. The summed E-state index contributed by atoms with van der Waals surface area (Å²) in [5.74, 6) is 0. The molecule has 0 unspecified atom stereocenters. The van der Waals surface area contributed by atoms with Crippen LogP contribution in [0.15, 0.2) is 35.2 Å². The second-order valence-corrected chi connectivity index (χ2v) is 3.85. The van der Waals surface area contributed by atoms with Gasteiger partial charge < -0.3 is 0 Å². The van der Waals surface area contributed by atoms with E-state index in [4.69, 9.17) is 0 Å². The second kappa shape index (κ2) is 4.36. The lowest BCUT2D eigenvalue weighted by Crippen LogP contribution is -2.16. The van der Waals surface area contributed by atoms with E-state index in [-0.39, 0.29) is 11.5 Å². The van der Waals surface area contributed by atoms with Crippen LogP contribution in [0.5, 0.6) is 0 Å². The van der Waals surface area contributed by atoms with Gasteiger partial charge in [0.15, 0.2) is 0 Å². The summed E-state index contributed by atoms with van der Waals surface area (Å²) in [5.41, 5.74) is 0. The Kier molecular flexibility index (Phi) is 3.41. The van der Waals surface area contributed by atoms with Crippen molar-refractivity contribution in [3.63, 3.8) is 0 Å². The molecule has 0 aliphatic heterocycles. The van der Waals surface area contributed by atoms with Gasteiger partial charge in [-0.1, -0.05) is 18.2 Å². The number of rotatable bonds is 4. The van der Waals surface area contributed by atoms with E-state index >= 15 is 0 Å². The fourth-order valence-corrected chi connectivity index (χ4v) is 1.59. The average Bonchev–Trinajstić information content (AvgIpc) is 2.16. The Morgan fingerprint density at radius 1 is 1.31 bits per heavy atom. The van der Waals surface area contributed by atoms with Crippen molar-refractivity contribution >= 4 is 10.0 Å². The van der Waals surface area contributed by atoms with E-state index in [9.17, 15) is 8.42 Å². The van der Waals surface area contributed by atoms with Crippen LogP contribution in [0, 0.1) is 0 Å². The molecule has 4 nitrogen and oxygen atoms in total. The highest BCUT2D eigenvalue weighted by Gasteiger charge is 2.14. The topological polar surface area (TPSA) is 57.5 Å². The van der Waals surface area contributed by atoms with Gasteiger partial charge in [0.05, 0.1) is 11.5 Å². The molecule has 1 aromatic rings. The molecule has 71 valence electrons. The van der Waals surface area contributed by atoms with E-state index in [0.717, 1.165) is 0 Å². The molecule has 0 saturated carbocycles. The summed E-state index contributed by atoms with van der Waals surface area (Å²) in [6, 6.07) is 7.94. The van der Waals surface area contributed by atoms with Gasteiger partial charge in [-0.2, -0.15) is 0 Å². The first-order chi connectivity index (χ1) is 6.17. The molecule has 0 aliphatic carbocycles. The minimum atomic E-state index is -3.62. The molecule has 0 heterocycles. The Morgan fingerprint density at radius 2 is 1.92 bits per heavy atom. The van der Waals surface area contributed by atoms with Gasteiger partial charge in [-0.05, 0) is 19.1 Å². The van der Waals surface area contributed by atoms with E-state index in [2.05, 4.69) is 9.72 Å². The van der Waals surface area contributed by atoms with Gasteiger partial charge in [-0.25, -0.2) is 8.42 Å². The summed E-state index contributed by atoms with van der Waals surface area (Å²) >= 11 is 0. The summed E-state index contributed by atoms with van der Waals surface area (Å²) in [6.45, 7) is 1.91. The SMILES string of the molecule is CCO[N]S(=O)(=O)c1ccccc1. The van der Waals surface area contributed by atoms with Crippen molar-refractivity contribution in [2.24, 2.45) is 0 Å². The molecule has 0 bridgehead atoms. The third kappa shape index (κ3) is 2.80. The Morgan fingerprint density at radius 3 is 2.46 bits per heavy atom. The molecule has 0 spiro atoms. The first-order valence-corrected chi connectivity index (χ1v) is 5.25. The molecule has 0 saturated heterocycles. The van der Waals surface area contributed by atoms with Crippen LogP contribution in [-0.2, 0) is 14.9 Å². The third-order valence-corrected chi connectivity index (χ3v) is 2.49. The summed E-state index contributed by atoms with van der Waals surface area (Å²) in [5, 5.41) is 0. The van der Waals surface area contributed by atoms with Crippen LogP contribution >= 0.6 is 0 Å². The lowest BCUT2D eigenvalue weighted by Gasteiger charge is -2.01. The van der Waals surface area contributed by atoms with Crippen molar-refractivity contribution in [1.82, 2.24) is 4.89 Å². The normalized spacial score (nSPS) is 11.5. The first-order valence-electron chi connectivity index (χ1n) is 3.81. The molecule has 0 amide bonds. The smallest absolute Gasteiger partial charge is 0.267 e. The van der Waals surface area contributed by atoms with Crippen LogP contribution in [0.2, 0.25) is 0 Å². The lowest BCUT2D eigenvalue weighted by molar-refractivity contribution is 0.0981. The maximum Gasteiger partial charge on any atom is 0.281 e. The zero-order chi connectivity index (χ0) is 9.73. The Balaban J connectivity index is 2.83. The minimum absolute atomic E-state index is 0.142. The number of sulfonamides is 1. The van der Waals surface area contributed by atoms with Crippen molar-refractivity contribution in [3.05, 3.63) is 30.3 Å². The molecule has 0 atom stereocenters. The van der Waals surface area contributed by atoms with E-state index in [1.807, 2.05) is 0 Å². The molecular weight excluding hydrogens is 190 g/mol. The number of nitrogens with zero attached hydrogens (tertiary/aromatic N) is 1. The van der Waals surface area contributed by atoms with Crippen molar-refractivity contribution in [3.8, 4) is 0 Å². The van der Waals surface area contributed by atoms with Crippen LogP contribution in [0.4, 0.5) is 0 Å².